The van der Waals surface area contributed by atoms with Gasteiger partial charge in [-0.2, -0.15) is 0 Å². The second kappa shape index (κ2) is 3.75. The number of para-hydroxylation sites is 1. The summed E-state index contributed by atoms with van der Waals surface area (Å²) >= 11 is 0. The Kier molecular flexibility index (Phi) is 2.20. The molecule has 2 saturated heterocycles. The lowest BCUT2D eigenvalue weighted by Crippen LogP contribution is -2.56. The van der Waals surface area contributed by atoms with E-state index in [4.69, 9.17) is 4.74 Å². The SMILES string of the molecule is O=C(O)N1[C@@H]2CC[C@H]1CC1(C2)Oc2ccccc2C1=O. The summed E-state index contributed by atoms with van der Waals surface area (Å²) in [6.45, 7) is 0. The second-order valence-corrected chi connectivity index (χ2v) is 5.90. The fraction of sp³-hybridized carbons (Fsp3) is 0.467. The summed E-state index contributed by atoms with van der Waals surface area (Å²) in [6, 6.07) is 7.10. The van der Waals surface area contributed by atoms with Crippen molar-refractivity contribution in [1.29, 1.82) is 0 Å². The van der Waals surface area contributed by atoms with Crippen LogP contribution in [0.2, 0.25) is 0 Å². The summed E-state index contributed by atoms with van der Waals surface area (Å²) in [6.07, 6.45) is 1.72. The molecule has 1 unspecified atom stereocenters. The molecule has 0 radical (unpaired) electrons. The third-order valence-corrected chi connectivity index (χ3v) is 4.82. The van der Waals surface area contributed by atoms with Crippen molar-refractivity contribution in [3.63, 3.8) is 0 Å². The molecule has 20 heavy (non-hydrogen) atoms. The largest absolute Gasteiger partial charge is 0.478 e. The van der Waals surface area contributed by atoms with Crippen LogP contribution in [0.1, 0.15) is 36.0 Å². The van der Waals surface area contributed by atoms with Gasteiger partial charge in [0.1, 0.15) is 5.75 Å². The van der Waals surface area contributed by atoms with Gasteiger partial charge in [-0.3, -0.25) is 4.79 Å². The number of carbonyl (C=O) groups is 2. The van der Waals surface area contributed by atoms with Crippen LogP contribution in [0.5, 0.6) is 5.75 Å². The highest BCUT2D eigenvalue weighted by Crippen LogP contribution is 2.48. The Morgan fingerprint density at radius 2 is 1.90 bits per heavy atom. The van der Waals surface area contributed by atoms with E-state index >= 15 is 0 Å². The molecule has 1 aromatic carbocycles. The predicted molar refractivity (Wildman–Crippen MR) is 70.0 cm³/mol. The van der Waals surface area contributed by atoms with Gasteiger partial charge < -0.3 is 14.7 Å². The number of rotatable bonds is 0. The molecule has 1 aromatic rings. The van der Waals surface area contributed by atoms with Crippen LogP contribution in [0.3, 0.4) is 0 Å². The second-order valence-electron chi connectivity index (χ2n) is 5.90. The van der Waals surface area contributed by atoms with E-state index in [0.717, 1.165) is 12.8 Å². The monoisotopic (exact) mass is 273 g/mol. The molecular weight excluding hydrogens is 258 g/mol. The van der Waals surface area contributed by atoms with Crippen molar-refractivity contribution in [2.24, 2.45) is 0 Å². The summed E-state index contributed by atoms with van der Waals surface area (Å²) in [5.74, 6) is 0.663. The molecule has 1 amide bonds. The van der Waals surface area contributed by atoms with Crippen LogP contribution in [0.25, 0.3) is 0 Å². The van der Waals surface area contributed by atoms with Crippen LogP contribution in [-0.4, -0.2) is 39.6 Å². The van der Waals surface area contributed by atoms with E-state index in [0.29, 0.717) is 24.2 Å². The maximum absolute atomic E-state index is 12.7. The van der Waals surface area contributed by atoms with Gasteiger partial charge in [0.15, 0.2) is 5.60 Å². The molecule has 2 bridgehead atoms. The van der Waals surface area contributed by atoms with Gasteiger partial charge >= 0.3 is 6.09 Å². The molecule has 3 aliphatic heterocycles. The van der Waals surface area contributed by atoms with Crippen molar-refractivity contribution in [3.8, 4) is 5.75 Å². The number of carbonyl (C=O) groups excluding carboxylic acids is 1. The molecule has 1 spiro atoms. The molecule has 0 saturated carbocycles. The Morgan fingerprint density at radius 3 is 2.50 bits per heavy atom. The number of ether oxygens (including phenoxy) is 1. The average Bonchev–Trinajstić information content (AvgIpc) is 2.85. The van der Waals surface area contributed by atoms with Crippen LogP contribution in [0.4, 0.5) is 4.79 Å². The van der Waals surface area contributed by atoms with Gasteiger partial charge in [0.2, 0.25) is 5.78 Å². The van der Waals surface area contributed by atoms with Gasteiger partial charge in [-0.1, -0.05) is 12.1 Å². The summed E-state index contributed by atoms with van der Waals surface area (Å²) in [4.78, 5) is 25.5. The number of nitrogens with zero attached hydrogens (tertiary/aromatic N) is 1. The molecular formula is C15H15NO4. The highest BCUT2D eigenvalue weighted by atomic mass is 16.5. The average molecular weight is 273 g/mol. The third kappa shape index (κ3) is 1.38. The van der Waals surface area contributed by atoms with E-state index in [9.17, 15) is 14.7 Å². The number of amides is 1. The molecule has 5 heteroatoms. The van der Waals surface area contributed by atoms with Crippen LogP contribution in [-0.2, 0) is 0 Å². The van der Waals surface area contributed by atoms with Gasteiger partial charge in [-0.25, -0.2) is 4.79 Å². The number of carboxylic acid groups (broad SMARTS) is 1. The maximum Gasteiger partial charge on any atom is 0.407 e. The van der Waals surface area contributed by atoms with E-state index in [2.05, 4.69) is 0 Å². The number of Topliss-reactive ketones (excluding diaryl/α,β-unsaturated/α-hetero) is 1. The van der Waals surface area contributed by atoms with Crippen molar-refractivity contribution >= 4 is 11.9 Å². The Morgan fingerprint density at radius 1 is 1.25 bits per heavy atom. The summed E-state index contributed by atoms with van der Waals surface area (Å²) < 4.78 is 5.99. The molecule has 104 valence electrons. The van der Waals surface area contributed by atoms with Crippen LogP contribution in [0.15, 0.2) is 24.3 Å². The highest BCUT2D eigenvalue weighted by molar-refractivity contribution is 6.07. The molecule has 2 fully saturated rings. The molecule has 3 aliphatic rings. The molecule has 0 aromatic heterocycles. The van der Waals surface area contributed by atoms with Crippen LogP contribution in [0, 0.1) is 0 Å². The first kappa shape index (κ1) is 11.8. The van der Waals surface area contributed by atoms with E-state index in [-0.39, 0.29) is 17.9 Å². The number of hydrogen-bond donors (Lipinski definition) is 1. The van der Waals surface area contributed by atoms with Crippen molar-refractivity contribution in [3.05, 3.63) is 29.8 Å². The first-order chi connectivity index (χ1) is 9.61. The minimum Gasteiger partial charge on any atom is -0.478 e. The Bertz CT molecular complexity index is 598. The molecule has 1 N–H and O–H groups in total. The summed E-state index contributed by atoms with van der Waals surface area (Å²) in [5, 5.41) is 9.29. The molecule has 3 heterocycles. The number of piperidine rings is 1. The zero-order chi connectivity index (χ0) is 13.9. The minimum atomic E-state index is -0.879. The smallest absolute Gasteiger partial charge is 0.407 e. The lowest BCUT2D eigenvalue weighted by molar-refractivity contribution is -0.00268. The fourth-order valence-corrected chi connectivity index (χ4v) is 4.03. The van der Waals surface area contributed by atoms with Gasteiger partial charge in [0.05, 0.1) is 5.56 Å². The zero-order valence-corrected chi connectivity index (χ0v) is 10.9. The number of ketones is 1. The minimum absolute atomic E-state index is 0.0232. The quantitative estimate of drug-likeness (QED) is 0.787. The van der Waals surface area contributed by atoms with Crippen molar-refractivity contribution in [1.82, 2.24) is 4.90 Å². The summed E-state index contributed by atoms with van der Waals surface area (Å²) in [5.41, 5.74) is -0.197. The standard InChI is InChI=1S/C15H15NO4/c17-13-11-3-1-2-4-12(11)20-15(13)7-9-5-6-10(8-15)16(9)14(18)19/h1-4,9-10H,5-8H2,(H,18,19)/t9-,10+,15?. The van der Waals surface area contributed by atoms with Gasteiger partial charge in [0, 0.05) is 24.9 Å². The highest BCUT2D eigenvalue weighted by Gasteiger charge is 2.58. The Labute approximate surface area is 116 Å². The normalized spacial score (nSPS) is 34.2. The first-order valence-electron chi connectivity index (χ1n) is 6.95. The topological polar surface area (TPSA) is 66.8 Å². The fourth-order valence-electron chi connectivity index (χ4n) is 4.03. The van der Waals surface area contributed by atoms with Gasteiger partial charge in [-0.05, 0) is 25.0 Å². The van der Waals surface area contributed by atoms with Crippen molar-refractivity contribution in [2.75, 3.05) is 0 Å². The van der Waals surface area contributed by atoms with E-state index in [1.54, 1.807) is 6.07 Å². The lowest BCUT2D eigenvalue weighted by Gasteiger charge is -2.41. The van der Waals surface area contributed by atoms with E-state index in [1.165, 1.54) is 4.90 Å². The molecule has 4 rings (SSSR count). The van der Waals surface area contributed by atoms with E-state index < -0.39 is 11.7 Å². The maximum atomic E-state index is 12.7. The van der Waals surface area contributed by atoms with Gasteiger partial charge in [-0.15, -0.1) is 0 Å². The summed E-state index contributed by atoms with van der Waals surface area (Å²) in [7, 11) is 0. The van der Waals surface area contributed by atoms with Crippen LogP contribution < -0.4 is 4.74 Å². The van der Waals surface area contributed by atoms with Crippen molar-refractivity contribution < 1.29 is 19.4 Å². The number of fused-ring (bicyclic) bond motifs is 3. The van der Waals surface area contributed by atoms with E-state index in [1.807, 2.05) is 18.2 Å². The van der Waals surface area contributed by atoms with Crippen molar-refractivity contribution in [2.45, 2.75) is 43.4 Å². The molecule has 3 atom stereocenters. The molecule has 5 nitrogen and oxygen atoms in total. The Hall–Kier alpha value is -2.04. The number of benzene rings is 1. The molecule has 0 aliphatic carbocycles. The predicted octanol–water partition coefficient (Wildman–Crippen LogP) is 2.31. The zero-order valence-electron chi connectivity index (χ0n) is 10.9. The van der Waals surface area contributed by atoms with Gasteiger partial charge in [0.25, 0.3) is 0 Å². The third-order valence-electron chi connectivity index (χ3n) is 4.82. The first-order valence-corrected chi connectivity index (χ1v) is 6.95. The lowest BCUT2D eigenvalue weighted by atomic mass is 9.82. The van der Waals surface area contributed by atoms with Crippen LogP contribution >= 0.6 is 0 Å². The Balaban J connectivity index is 1.70. The number of hydrogen-bond acceptors (Lipinski definition) is 3.